The van der Waals surface area contributed by atoms with E-state index in [-0.39, 0.29) is 17.6 Å². The van der Waals surface area contributed by atoms with Crippen LogP contribution in [0, 0.1) is 0 Å². The first-order valence-electron chi connectivity index (χ1n) is 7.11. The van der Waals surface area contributed by atoms with Crippen molar-refractivity contribution in [1.29, 1.82) is 0 Å². The van der Waals surface area contributed by atoms with Crippen molar-refractivity contribution in [2.45, 2.75) is 39.0 Å². The fourth-order valence-corrected chi connectivity index (χ4v) is 2.61. The lowest BCUT2D eigenvalue weighted by molar-refractivity contribution is -0.143. The van der Waals surface area contributed by atoms with Crippen LogP contribution in [0.5, 0.6) is 5.75 Å². The minimum absolute atomic E-state index is 0.120. The molecule has 1 aromatic carbocycles. The number of hydrogen-bond donors (Lipinski definition) is 2. The number of carbonyl (C=O) groups is 1. The lowest BCUT2D eigenvalue weighted by Crippen LogP contribution is -2.10. The van der Waals surface area contributed by atoms with Crippen LogP contribution in [0.2, 0.25) is 0 Å². The zero-order chi connectivity index (χ0) is 14.5. The Balaban J connectivity index is 2.31. The Bertz CT molecular complexity index is 588. The second-order valence-electron chi connectivity index (χ2n) is 4.97. The first-order chi connectivity index (χ1) is 9.65. The van der Waals surface area contributed by atoms with Gasteiger partial charge in [-0.05, 0) is 43.0 Å². The van der Waals surface area contributed by atoms with Crippen molar-refractivity contribution in [3.8, 4) is 5.75 Å². The minimum atomic E-state index is -0.166. The van der Waals surface area contributed by atoms with Crippen molar-refractivity contribution >= 4 is 16.9 Å². The fourth-order valence-electron chi connectivity index (χ4n) is 2.61. The first kappa shape index (κ1) is 14.4. The van der Waals surface area contributed by atoms with E-state index in [1.54, 1.807) is 12.1 Å². The second-order valence-corrected chi connectivity index (χ2v) is 4.97. The van der Waals surface area contributed by atoms with E-state index in [9.17, 15) is 9.90 Å². The Morgan fingerprint density at radius 2 is 2.20 bits per heavy atom. The van der Waals surface area contributed by atoms with Gasteiger partial charge in [0, 0.05) is 17.1 Å². The molecule has 0 radical (unpaired) electrons. The van der Waals surface area contributed by atoms with Gasteiger partial charge in [-0.3, -0.25) is 4.79 Å². The Morgan fingerprint density at radius 1 is 1.40 bits per heavy atom. The number of aromatic hydroxyl groups is 1. The molecule has 0 aliphatic rings. The number of benzene rings is 1. The predicted molar refractivity (Wildman–Crippen MR) is 78.9 cm³/mol. The molecule has 0 spiro atoms. The van der Waals surface area contributed by atoms with Gasteiger partial charge < -0.3 is 14.8 Å². The Morgan fingerprint density at radius 3 is 2.90 bits per heavy atom. The van der Waals surface area contributed by atoms with Crippen LogP contribution in [-0.4, -0.2) is 22.7 Å². The molecule has 0 aliphatic carbocycles. The summed E-state index contributed by atoms with van der Waals surface area (Å²) in [4.78, 5) is 14.9. The summed E-state index contributed by atoms with van der Waals surface area (Å²) in [6, 6.07) is 5.25. The van der Waals surface area contributed by atoms with Crippen LogP contribution >= 0.6 is 0 Å². The number of hydrogen-bond acceptors (Lipinski definition) is 3. The normalized spacial score (nSPS) is 12.5. The number of ether oxygens (including phenoxy) is 1. The summed E-state index contributed by atoms with van der Waals surface area (Å²) in [5, 5.41) is 10.6. The monoisotopic (exact) mass is 275 g/mol. The van der Waals surface area contributed by atoms with E-state index in [0.717, 1.165) is 29.3 Å². The predicted octanol–water partition coefficient (Wildman–Crippen LogP) is 3.71. The summed E-state index contributed by atoms with van der Waals surface area (Å²) in [5.41, 5.74) is 2.05. The average molecular weight is 275 g/mol. The number of nitrogens with one attached hydrogen (secondary N) is 1. The van der Waals surface area contributed by atoms with Gasteiger partial charge in [-0.15, -0.1) is 0 Å². The Hall–Kier alpha value is -1.97. The summed E-state index contributed by atoms with van der Waals surface area (Å²) in [5.74, 6) is 0.194. The summed E-state index contributed by atoms with van der Waals surface area (Å²) in [7, 11) is 0. The van der Waals surface area contributed by atoms with Gasteiger partial charge in [-0.1, -0.05) is 13.3 Å². The quantitative estimate of drug-likeness (QED) is 0.790. The number of aromatic nitrogens is 1. The van der Waals surface area contributed by atoms with Gasteiger partial charge in [0.15, 0.2) is 0 Å². The van der Waals surface area contributed by atoms with E-state index in [4.69, 9.17) is 4.74 Å². The van der Waals surface area contributed by atoms with E-state index in [2.05, 4.69) is 11.9 Å². The van der Waals surface area contributed by atoms with Gasteiger partial charge in [0.25, 0.3) is 0 Å². The van der Waals surface area contributed by atoms with Gasteiger partial charge in [0.1, 0.15) is 5.75 Å². The molecule has 2 aromatic rings. The molecule has 0 aliphatic heterocycles. The number of fused-ring (bicyclic) bond motifs is 1. The molecule has 1 unspecified atom stereocenters. The highest BCUT2D eigenvalue weighted by Gasteiger charge is 2.19. The number of H-pyrrole nitrogens is 1. The highest BCUT2D eigenvalue weighted by molar-refractivity contribution is 5.85. The van der Waals surface area contributed by atoms with E-state index < -0.39 is 0 Å². The number of phenolic OH excluding ortho intramolecular Hbond substituents is 1. The molecule has 4 heteroatoms. The summed E-state index contributed by atoms with van der Waals surface area (Å²) in [6.07, 6.45) is 4.23. The summed E-state index contributed by atoms with van der Waals surface area (Å²) < 4.78 is 5.05. The third kappa shape index (κ3) is 3.13. The van der Waals surface area contributed by atoms with Crippen molar-refractivity contribution in [2.24, 2.45) is 0 Å². The van der Waals surface area contributed by atoms with Crippen LogP contribution in [0.1, 0.15) is 44.6 Å². The van der Waals surface area contributed by atoms with Crippen molar-refractivity contribution in [1.82, 2.24) is 4.98 Å². The zero-order valence-electron chi connectivity index (χ0n) is 12.0. The third-order valence-corrected chi connectivity index (χ3v) is 3.49. The molecule has 4 nitrogen and oxygen atoms in total. The maximum absolute atomic E-state index is 11.7. The number of rotatable bonds is 6. The van der Waals surface area contributed by atoms with Crippen LogP contribution in [0.3, 0.4) is 0 Å². The number of phenols is 1. The van der Waals surface area contributed by atoms with Gasteiger partial charge in [-0.25, -0.2) is 0 Å². The highest BCUT2D eigenvalue weighted by atomic mass is 16.5. The molecule has 2 N–H and O–H groups in total. The SMILES string of the molecule is CCCC(CC(=O)OCC)c1c[nH]c2ccc(O)cc12. The molecule has 0 saturated heterocycles. The lowest BCUT2D eigenvalue weighted by atomic mass is 9.91. The van der Waals surface area contributed by atoms with Gasteiger partial charge >= 0.3 is 5.97 Å². The minimum Gasteiger partial charge on any atom is -0.508 e. The van der Waals surface area contributed by atoms with Crippen molar-refractivity contribution in [2.75, 3.05) is 6.61 Å². The van der Waals surface area contributed by atoms with Gasteiger partial charge in [0.05, 0.1) is 13.0 Å². The van der Waals surface area contributed by atoms with E-state index in [1.165, 1.54) is 0 Å². The van der Waals surface area contributed by atoms with Crippen LogP contribution in [-0.2, 0) is 9.53 Å². The zero-order valence-corrected chi connectivity index (χ0v) is 12.0. The highest BCUT2D eigenvalue weighted by Crippen LogP contribution is 2.33. The van der Waals surface area contributed by atoms with Crippen LogP contribution in [0.4, 0.5) is 0 Å². The number of aromatic amines is 1. The molecule has 1 heterocycles. The van der Waals surface area contributed by atoms with Crippen LogP contribution < -0.4 is 0 Å². The maximum Gasteiger partial charge on any atom is 0.306 e. The lowest BCUT2D eigenvalue weighted by Gasteiger charge is -2.14. The van der Waals surface area contributed by atoms with Crippen LogP contribution in [0.25, 0.3) is 10.9 Å². The molecular weight excluding hydrogens is 254 g/mol. The standard InChI is InChI=1S/C16H21NO3/c1-3-5-11(8-16(19)20-4-2)14-10-17-15-7-6-12(18)9-13(14)15/h6-7,9-11,17-18H,3-5,8H2,1-2H3. The molecule has 1 aromatic heterocycles. The summed E-state index contributed by atoms with van der Waals surface area (Å²) in [6.45, 7) is 4.33. The first-order valence-corrected chi connectivity index (χ1v) is 7.11. The topological polar surface area (TPSA) is 62.3 Å². The second kappa shape index (κ2) is 6.46. The molecule has 0 amide bonds. The molecular formula is C16H21NO3. The number of esters is 1. The molecule has 0 fully saturated rings. The van der Waals surface area contributed by atoms with E-state index >= 15 is 0 Å². The largest absolute Gasteiger partial charge is 0.508 e. The number of carbonyl (C=O) groups excluding carboxylic acids is 1. The van der Waals surface area contributed by atoms with E-state index in [0.29, 0.717) is 13.0 Å². The molecule has 0 bridgehead atoms. The van der Waals surface area contributed by atoms with Crippen LogP contribution in [0.15, 0.2) is 24.4 Å². The molecule has 108 valence electrons. The average Bonchev–Trinajstić information content (AvgIpc) is 2.81. The van der Waals surface area contributed by atoms with E-state index in [1.807, 2.05) is 19.2 Å². The van der Waals surface area contributed by atoms with Gasteiger partial charge in [-0.2, -0.15) is 0 Å². The van der Waals surface area contributed by atoms with Crippen molar-refractivity contribution in [3.63, 3.8) is 0 Å². The molecule has 20 heavy (non-hydrogen) atoms. The third-order valence-electron chi connectivity index (χ3n) is 3.49. The fraction of sp³-hybridized carbons (Fsp3) is 0.438. The van der Waals surface area contributed by atoms with Crippen molar-refractivity contribution < 1.29 is 14.6 Å². The van der Waals surface area contributed by atoms with Crippen molar-refractivity contribution in [3.05, 3.63) is 30.0 Å². The maximum atomic E-state index is 11.7. The Kier molecular flexibility index (Phi) is 4.66. The van der Waals surface area contributed by atoms with Gasteiger partial charge in [0.2, 0.25) is 0 Å². The summed E-state index contributed by atoms with van der Waals surface area (Å²) >= 11 is 0. The molecule has 1 atom stereocenters. The smallest absolute Gasteiger partial charge is 0.306 e. The molecule has 2 rings (SSSR count). The Labute approximate surface area is 118 Å². The molecule has 0 saturated carbocycles.